The number of nitrogens with one attached hydrogen (secondary N) is 1. The van der Waals surface area contributed by atoms with E-state index < -0.39 is 13.0 Å². The minimum absolute atomic E-state index is 0. The van der Waals surface area contributed by atoms with E-state index in [1.807, 2.05) is 17.5 Å². The summed E-state index contributed by atoms with van der Waals surface area (Å²) in [6.07, 6.45) is -1.62. The second-order valence-electron chi connectivity index (χ2n) is 2.87. The van der Waals surface area contributed by atoms with Crippen molar-refractivity contribution in [3.8, 4) is 0 Å². The van der Waals surface area contributed by atoms with Crippen LogP contribution in [0.1, 0.15) is 4.88 Å². The normalized spacial score (nSPS) is 11.3. The fraction of sp³-hybridized carbons (Fsp3) is 0.444. The van der Waals surface area contributed by atoms with Gasteiger partial charge in [-0.15, -0.1) is 35.3 Å². The Kier molecular flexibility index (Phi) is 8.44. The molecular formula is C9H14F2IN3S. The number of hydrogen-bond acceptors (Lipinski definition) is 2. The zero-order chi connectivity index (χ0) is 11.1. The molecule has 92 valence electrons. The molecule has 7 heteroatoms. The largest absolute Gasteiger partial charge is 0.370 e. The molecule has 0 aliphatic heterocycles. The lowest BCUT2D eigenvalue weighted by Gasteiger charge is -2.03. The molecule has 0 saturated heterocycles. The lowest BCUT2D eigenvalue weighted by molar-refractivity contribution is 0.158. The molecule has 1 aromatic rings. The lowest BCUT2D eigenvalue weighted by Crippen LogP contribution is -2.33. The van der Waals surface area contributed by atoms with Crippen LogP contribution in [0, 0.1) is 0 Å². The maximum atomic E-state index is 11.8. The third kappa shape index (κ3) is 6.94. The van der Waals surface area contributed by atoms with Gasteiger partial charge in [0.2, 0.25) is 0 Å². The first-order valence-corrected chi connectivity index (χ1v) is 5.41. The molecule has 0 saturated carbocycles. The highest BCUT2D eigenvalue weighted by atomic mass is 127. The van der Waals surface area contributed by atoms with E-state index in [0.29, 0.717) is 6.54 Å². The topological polar surface area (TPSA) is 50.4 Å². The van der Waals surface area contributed by atoms with Gasteiger partial charge in [-0.3, -0.25) is 0 Å². The number of thiophene rings is 1. The second-order valence-corrected chi connectivity index (χ2v) is 3.91. The van der Waals surface area contributed by atoms with Gasteiger partial charge < -0.3 is 11.1 Å². The van der Waals surface area contributed by atoms with E-state index in [1.165, 1.54) is 4.88 Å². The monoisotopic (exact) mass is 361 g/mol. The van der Waals surface area contributed by atoms with Gasteiger partial charge in [-0.1, -0.05) is 6.07 Å². The Morgan fingerprint density at radius 3 is 2.88 bits per heavy atom. The quantitative estimate of drug-likeness (QED) is 0.479. The summed E-state index contributed by atoms with van der Waals surface area (Å²) in [4.78, 5) is 4.71. The third-order valence-electron chi connectivity index (χ3n) is 1.66. The number of halogens is 3. The van der Waals surface area contributed by atoms with E-state index in [-0.39, 0.29) is 29.9 Å². The van der Waals surface area contributed by atoms with Crippen molar-refractivity contribution < 1.29 is 8.78 Å². The first kappa shape index (κ1) is 15.6. The van der Waals surface area contributed by atoms with Crippen LogP contribution >= 0.6 is 35.3 Å². The summed E-state index contributed by atoms with van der Waals surface area (Å²) >= 11 is 1.65. The van der Waals surface area contributed by atoms with E-state index in [4.69, 9.17) is 5.73 Å². The van der Waals surface area contributed by atoms with Crippen LogP contribution in [0.5, 0.6) is 0 Å². The Balaban J connectivity index is 0.00000225. The standard InChI is InChI=1S/C9H13F2N3S.HI/c10-8(11)6-14-9(12)13-4-3-7-2-1-5-15-7;/h1-2,5,8H,3-4,6H2,(H3,12,13,14);1H. The molecule has 1 heterocycles. The average molecular weight is 361 g/mol. The van der Waals surface area contributed by atoms with Crippen molar-refractivity contribution in [2.45, 2.75) is 12.8 Å². The van der Waals surface area contributed by atoms with Gasteiger partial charge in [0.15, 0.2) is 5.96 Å². The van der Waals surface area contributed by atoms with Gasteiger partial charge in [-0.2, -0.15) is 0 Å². The fourth-order valence-corrected chi connectivity index (χ4v) is 1.70. The molecule has 3 N–H and O–H groups in total. The molecule has 0 radical (unpaired) electrons. The van der Waals surface area contributed by atoms with Gasteiger partial charge in [-0.25, -0.2) is 13.8 Å². The predicted octanol–water partition coefficient (Wildman–Crippen LogP) is 2.08. The number of nitrogens with two attached hydrogens (primary N) is 1. The molecule has 1 rings (SSSR count). The van der Waals surface area contributed by atoms with Crippen LogP contribution in [0.2, 0.25) is 0 Å². The number of hydrogen-bond donors (Lipinski definition) is 2. The SMILES string of the molecule is I.NC(=NCC(F)F)NCCc1cccs1. The molecule has 0 bridgehead atoms. The van der Waals surface area contributed by atoms with Crippen LogP contribution in [-0.4, -0.2) is 25.5 Å². The minimum Gasteiger partial charge on any atom is -0.370 e. The molecular weight excluding hydrogens is 347 g/mol. The van der Waals surface area contributed by atoms with Gasteiger partial charge in [0, 0.05) is 11.4 Å². The van der Waals surface area contributed by atoms with Gasteiger partial charge in [0.25, 0.3) is 6.43 Å². The van der Waals surface area contributed by atoms with E-state index in [9.17, 15) is 8.78 Å². The predicted molar refractivity (Wildman–Crippen MR) is 73.9 cm³/mol. The van der Waals surface area contributed by atoms with Crippen molar-refractivity contribution >= 4 is 41.3 Å². The van der Waals surface area contributed by atoms with Crippen molar-refractivity contribution in [2.24, 2.45) is 10.7 Å². The first-order chi connectivity index (χ1) is 7.18. The van der Waals surface area contributed by atoms with Crippen LogP contribution in [-0.2, 0) is 6.42 Å². The minimum atomic E-state index is -2.44. The summed E-state index contributed by atoms with van der Waals surface area (Å²) in [6, 6.07) is 3.98. The Bertz CT molecular complexity index is 304. The molecule has 3 nitrogen and oxygen atoms in total. The van der Waals surface area contributed by atoms with Gasteiger partial charge in [0.05, 0.1) is 0 Å². The summed E-state index contributed by atoms with van der Waals surface area (Å²) < 4.78 is 23.5. The second kappa shape index (κ2) is 8.68. The summed E-state index contributed by atoms with van der Waals surface area (Å²) in [5, 5.41) is 4.77. The average Bonchev–Trinajstić information content (AvgIpc) is 2.67. The molecule has 1 aromatic heterocycles. The Labute approximate surface area is 114 Å². The van der Waals surface area contributed by atoms with Crippen LogP contribution in [0.15, 0.2) is 22.5 Å². The number of alkyl halides is 2. The molecule has 0 aliphatic rings. The molecule has 0 aromatic carbocycles. The van der Waals surface area contributed by atoms with E-state index in [1.54, 1.807) is 11.3 Å². The molecule has 0 aliphatic carbocycles. The Morgan fingerprint density at radius 2 is 2.31 bits per heavy atom. The van der Waals surface area contributed by atoms with Crippen molar-refractivity contribution in [3.63, 3.8) is 0 Å². The number of nitrogens with zero attached hydrogens (tertiary/aromatic N) is 1. The fourth-order valence-electron chi connectivity index (χ4n) is 0.992. The van der Waals surface area contributed by atoms with Crippen LogP contribution in [0.25, 0.3) is 0 Å². The van der Waals surface area contributed by atoms with Gasteiger partial charge >= 0.3 is 0 Å². The molecule has 0 unspecified atom stereocenters. The highest BCUT2D eigenvalue weighted by molar-refractivity contribution is 14.0. The highest BCUT2D eigenvalue weighted by Crippen LogP contribution is 2.07. The lowest BCUT2D eigenvalue weighted by atomic mass is 10.3. The smallest absolute Gasteiger partial charge is 0.257 e. The highest BCUT2D eigenvalue weighted by Gasteiger charge is 2.00. The van der Waals surface area contributed by atoms with Crippen molar-refractivity contribution in [3.05, 3.63) is 22.4 Å². The van der Waals surface area contributed by atoms with Crippen molar-refractivity contribution in [2.75, 3.05) is 13.1 Å². The zero-order valence-corrected chi connectivity index (χ0v) is 11.7. The van der Waals surface area contributed by atoms with E-state index in [0.717, 1.165) is 6.42 Å². The maximum absolute atomic E-state index is 11.8. The molecule has 16 heavy (non-hydrogen) atoms. The molecule has 0 fully saturated rings. The Hall–Kier alpha value is -0.440. The van der Waals surface area contributed by atoms with Crippen LogP contribution in [0.3, 0.4) is 0 Å². The Morgan fingerprint density at radius 1 is 1.56 bits per heavy atom. The van der Waals surface area contributed by atoms with E-state index >= 15 is 0 Å². The van der Waals surface area contributed by atoms with Crippen LogP contribution < -0.4 is 11.1 Å². The molecule has 0 atom stereocenters. The molecule has 0 spiro atoms. The van der Waals surface area contributed by atoms with Crippen molar-refractivity contribution in [1.29, 1.82) is 0 Å². The number of aliphatic imine (C=N–C) groups is 1. The summed E-state index contributed by atoms with van der Waals surface area (Å²) in [6.45, 7) is 0.0664. The van der Waals surface area contributed by atoms with Gasteiger partial charge in [-0.05, 0) is 17.9 Å². The van der Waals surface area contributed by atoms with Crippen molar-refractivity contribution in [1.82, 2.24) is 5.32 Å². The number of rotatable bonds is 5. The summed E-state index contributed by atoms with van der Waals surface area (Å²) in [5.41, 5.74) is 5.37. The third-order valence-corrected chi connectivity index (χ3v) is 2.59. The maximum Gasteiger partial charge on any atom is 0.257 e. The summed E-state index contributed by atoms with van der Waals surface area (Å²) in [7, 11) is 0. The zero-order valence-electron chi connectivity index (χ0n) is 8.53. The number of guanidine groups is 1. The summed E-state index contributed by atoms with van der Waals surface area (Å²) in [5.74, 6) is 0.0758. The van der Waals surface area contributed by atoms with Crippen LogP contribution in [0.4, 0.5) is 8.78 Å². The van der Waals surface area contributed by atoms with Gasteiger partial charge in [0.1, 0.15) is 6.54 Å². The molecule has 0 amide bonds. The van der Waals surface area contributed by atoms with E-state index in [2.05, 4.69) is 10.3 Å². The first-order valence-electron chi connectivity index (χ1n) is 4.53.